The Hall–Kier alpha value is -0.870. The molecule has 16 heavy (non-hydrogen) atoms. The van der Waals surface area contributed by atoms with E-state index >= 15 is 0 Å². The van der Waals surface area contributed by atoms with Crippen molar-refractivity contribution in [3.63, 3.8) is 0 Å². The number of aryl methyl sites for hydroxylation is 1. The summed E-state index contributed by atoms with van der Waals surface area (Å²) in [7, 11) is 0. The van der Waals surface area contributed by atoms with E-state index in [1.165, 1.54) is 0 Å². The van der Waals surface area contributed by atoms with Crippen molar-refractivity contribution in [1.29, 1.82) is 0 Å². The van der Waals surface area contributed by atoms with Gasteiger partial charge in [-0.2, -0.15) is 0 Å². The SMILES string of the molecule is O=c1c2ccc(Cl)cc2ncn1CCCBr. The van der Waals surface area contributed by atoms with E-state index in [1.54, 1.807) is 29.1 Å². The van der Waals surface area contributed by atoms with Crippen molar-refractivity contribution in [1.82, 2.24) is 9.55 Å². The van der Waals surface area contributed by atoms with Gasteiger partial charge in [0.15, 0.2) is 0 Å². The van der Waals surface area contributed by atoms with E-state index in [9.17, 15) is 4.79 Å². The zero-order valence-corrected chi connectivity index (χ0v) is 10.8. The van der Waals surface area contributed by atoms with E-state index in [0.717, 1.165) is 11.8 Å². The number of alkyl halides is 1. The van der Waals surface area contributed by atoms with Crippen molar-refractivity contribution >= 4 is 38.4 Å². The minimum absolute atomic E-state index is 0.0115. The minimum atomic E-state index is -0.0115. The molecule has 0 fully saturated rings. The third kappa shape index (κ3) is 2.28. The lowest BCUT2D eigenvalue weighted by Crippen LogP contribution is -2.20. The van der Waals surface area contributed by atoms with E-state index in [2.05, 4.69) is 20.9 Å². The van der Waals surface area contributed by atoms with Gasteiger partial charge in [0.1, 0.15) is 0 Å². The van der Waals surface area contributed by atoms with Crippen LogP contribution in [0.15, 0.2) is 29.3 Å². The second-order valence-corrected chi connectivity index (χ2v) is 4.68. The van der Waals surface area contributed by atoms with Crippen LogP contribution in [0.3, 0.4) is 0 Å². The lowest BCUT2D eigenvalue weighted by Gasteiger charge is -2.05. The fourth-order valence-electron chi connectivity index (χ4n) is 1.52. The van der Waals surface area contributed by atoms with E-state index in [0.29, 0.717) is 22.5 Å². The van der Waals surface area contributed by atoms with Gasteiger partial charge in [0.25, 0.3) is 5.56 Å². The van der Waals surface area contributed by atoms with Crippen LogP contribution in [0.5, 0.6) is 0 Å². The summed E-state index contributed by atoms with van der Waals surface area (Å²) in [5, 5.41) is 2.08. The molecule has 0 N–H and O–H groups in total. The zero-order valence-electron chi connectivity index (χ0n) is 8.49. The lowest BCUT2D eigenvalue weighted by atomic mass is 10.2. The van der Waals surface area contributed by atoms with Crippen molar-refractivity contribution in [2.24, 2.45) is 0 Å². The van der Waals surface area contributed by atoms with Gasteiger partial charge < -0.3 is 0 Å². The second kappa shape index (κ2) is 4.97. The summed E-state index contributed by atoms with van der Waals surface area (Å²) < 4.78 is 1.62. The van der Waals surface area contributed by atoms with Crippen molar-refractivity contribution in [3.05, 3.63) is 39.9 Å². The molecule has 5 heteroatoms. The molecule has 0 aliphatic rings. The first-order valence-electron chi connectivity index (χ1n) is 4.93. The quantitative estimate of drug-likeness (QED) is 0.817. The first kappa shape index (κ1) is 11.6. The van der Waals surface area contributed by atoms with Gasteiger partial charge >= 0.3 is 0 Å². The number of nitrogens with zero attached hydrogens (tertiary/aromatic N) is 2. The Balaban J connectivity index is 2.53. The van der Waals surface area contributed by atoms with Crippen LogP contribution in [0.1, 0.15) is 6.42 Å². The van der Waals surface area contributed by atoms with Gasteiger partial charge in [0.2, 0.25) is 0 Å². The molecule has 0 unspecified atom stereocenters. The maximum Gasteiger partial charge on any atom is 0.261 e. The summed E-state index contributed by atoms with van der Waals surface area (Å²) in [6, 6.07) is 5.13. The molecular weight excluding hydrogens is 291 g/mol. The molecule has 0 aliphatic carbocycles. The number of hydrogen-bond acceptors (Lipinski definition) is 2. The van der Waals surface area contributed by atoms with E-state index < -0.39 is 0 Å². The van der Waals surface area contributed by atoms with Gasteiger partial charge in [0.05, 0.1) is 17.2 Å². The average molecular weight is 302 g/mol. The molecule has 0 atom stereocenters. The lowest BCUT2D eigenvalue weighted by molar-refractivity contribution is 0.654. The number of rotatable bonds is 3. The molecule has 0 saturated heterocycles. The predicted molar refractivity (Wildman–Crippen MR) is 69.4 cm³/mol. The Morgan fingerprint density at radius 3 is 3.00 bits per heavy atom. The summed E-state index contributed by atoms with van der Waals surface area (Å²) in [5.41, 5.74) is 0.634. The highest BCUT2D eigenvalue weighted by atomic mass is 79.9. The molecule has 0 bridgehead atoms. The number of aromatic nitrogens is 2. The maximum absolute atomic E-state index is 12.0. The summed E-state index contributed by atoms with van der Waals surface area (Å²) in [6.07, 6.45) is 2.48. The van der Waals surface area contributed by atoms with Gasteiger partial charge in [-0.3, -0.25) is 9.36 Å². The molecule has 1 aromatic carbocycles. The highest BCUT2D eigenvalue weighted by Crippen LogP contribution is 2.14. The first-order chi connectivity index (χ1) is 7.72. The van der Waals surface area contributed by atoms with E-state index in [-0.39, 0.29) is 5.56 Å². The molecule has 1 aromatic heterocycles. The van der Waals surface area contributed by atoms with Gasteiger partial charge in [0, 0.05) is 16.9 Å². The Bertz CT molecular complexity index is 567. The van der Waals surface area contributed by atoms with Crippen molar-refractivity contribution < 1.29 is 0 Å². The molecule has 0 saturated carbocycles. The van der Waals surface area contributed by atoms with Crippen molar-refractivity contribution in [3.8, 4) is 0 Å². The molecule has 2 rings (SSSR count). The number of hydrogen-bond donors (Lipinski definition) is 0. The van der Waals surface area contributed by atoms with E-state index in [4.69, 9.17) is 11.6 Å². The number of halogens is 2. The molecule has 3 nitrogen and oxygen atoms in total. The van der Waals surface area contributed by atoms with Crippen LogP contribution in [0, 0.1) is 0 Å². The Morgan fingerprint density at radius 2 is 2.25 bits per heavy atom. The third-order valence-corrected chi connectivity index (χ3v) is 3.12. The fraction of sp³-hybridized carbons (Fsp3) is 0.273. The van der Waals surface area contributed by atoms with Crippen LogP contribution in [-0.2, 0) is 6.54 Å². The van der Waals surface area contributed by atoms with Crippen LogP contribution in [0.4, 0.5) is 0 Å². The average Bonchev–Trinajstić information content (AvgIpc) is 2.28. The standard InChI is InChI=1S/C11H10BrClN2O/c12-4-1-5-15-7-14-10-6-8(13)2-3-9(10)11(15)16/h2-3,6-7H,1,4-5H2. The van der Waals surface area contributed by atoms with Gasteiger partial charge in [-0.15, -0.1) is 0 Å². The van der Waals surface area contributed by atoms with Crippen molar-refractivity contribution in [2.45, 2.75) is 13.0 Å². The minimum Gasteiger partial charge on any atom is -0.299 e. The zero-order chi connectivity index (χ0) is 11.5. The molecule has 0 radical (unpaired) electrons. The molecule has 0 spiro atoms. The van der Waals surface area contributed by atoms with Gasteiger partial charge in [-0.05, 0) is 24.6 Å². The Morgan fingerprint density at radius 1 is 1.44 bits per heavy atom. The summed E-state index contributed by atoms with van der Waals surface area (Å²) in [6.45, 7) is 0.676. The van der Waals surface area contributed by atoms with Crippen molar-refractivity contribution in [2.75, 3.05) is 5.33 Å². The number of benzene rings is 1. The molecule has 84 valence electrons. The van der Waals surface area contributed by atoms with Gasteiger partial charge in [-0.25, -0.2) is 4.98 Å². The normalized spacial score (nSPS) is 10.9. The smallest absolute Gasteiger partial charge is 0.261 e. The summed E-state index contributed by atoms with van der Waals surface area (Å²) in [4.78, 5) is 16.2. The highest BCUT2D eigenvalue weighted by molar-refractivity contribution is 9.09. The monoisotopic (exact) mass is 300 g/mol. The second-order valence-electron chi connectivity index (χ2n) is 3.45. The Kier molecular flexibility index (Phi) is 3.61. The maximum atomic E-state index is 12.0. The largest absolute Gasteiger partial charge is 0.299 e. The van der Waals surface area contributed by atoms with Crippen LogP contribution in [0.2, 0.25) is 5.02 Å². The molecule has 0 amide bonds. The van der Waals surface area contributed by atoms with E-state index in [1.807, 2.05) is 0 Å². The van der Waals surface area contributed by atoms with Crippen LogP contribution in [0.25, 0.3) is 10.9 Å². The predicted octanol–water partition coefficient (Wildman–Crippen LogP) is 2.83. The molecule has 2 aromatic rings. The topological polar surface area (TPSA) is 34.9 Å². The summed E-state index contributed by atoms with van der Waals surface area (Å²) >= 11 is 9.18. The fourth-order valence-corrected chi connectivity index (χ4v) is 1.94. The molecular formula is C11H10BrClN2O. The third-order valence-electron chi connectivity index (χ3n) is 2.32. The Labute approximate surface area is 106 Å². The highest BCUT2D eigenvalue weighted by Gasteiger charge is 2.03. The van der Waals surface area contributed by atoms with Crippen LogP contribution in [-0.4, -0.2) is 14.9 Å². The first-order valence-corrected chi connectivity index (χ1v) is 6.43. The number of fused-ring (bicyclic) bond motifs is 1. The molecule has 0 aliphatic heterocycles. The van der Waals surface area contributed by atoms with Crippen LogP contribution < -0.4 is 5.56 Å². The van der Waals surface area contributed by atoms with Gasteiger partial charge in [-0.1, -0.05) is 27.5 Å². The summed E-state index contributed by atoms with van der Waals surface area (Å²) in [5.74, 6) is 0. The molecule has 1 heterocycles. The van der Waals surface area contributed by atoms with Crippen LogP contribution >= 0.6 is 27.5 Å².